The van der Waals surface area contributed by atoms with Crippen LogP contribution in [0, 0.1) is 5.92 Å². The molecule has 1 aliphatic rings. The third-order valence-corrected chi connectivity index (χ3v) is 7.80. The zero-order valence-electron chi connectivity index (χ0n) is 18.3. The molecule has 10 nitrogen and oxygen atoms in total. The largest absolute Gasteiger partial charge is 0.382 e. The van der Waals surface area contributed by atoms with Crippen LogP contribution in [0.2, 0.25) is 0 Å². The number of anilines is 2. The van der Waals surface area contributed by atoms with Crippen molar-refractivity contribution < 1.29 is 8.42 Å². The monoisotopic (exact) mass is 447 g/mol. The molecule has 3 aromatic heterocycles. The first kappa shape index (κ1) is 21.4. The van der Waals surface area contributed by atoms with E-state index >= 15 is 0 Å². The van der Waals surface area contributed by atoms with Gasteiger partial charge in [-0.15, -0.1) is 0 Å². The van der Waals surface area contributed by atoms with Crippen molar-refractivity contribution in [3.05, 3.63) is 22.6 Å². The Hall–Kier alpha value is -2.82. The van der Waals surface area contributed by atoms with E-state index in [4.69, 9.17) is 10.8 Å². The summed E-state index contributed by atoms with van der Waals surface area (Å²) in [4.78, 5) is 15.2. The average molecular weight is 448 g/mol. The van der Waals surface area contributed by atoms with E-state index in [1.165, 1.54) is 0 Å². The maximum atomic E-state index is 13.1. The van der Waals surface area contributed by atoms with Crippen LogP contribution in [0.15, 0.2) is 17.1 Å². The molecule has 1 unspecified atom stereocenters. The van der Waals surface area contributed by atoms with Gasteiger partial charge in [-0.25, -0.2) is 13.1 Å². The molecule has 0 saturated carbocycles. The fourth-order valence-corrected chi connectivity index (χ4v) is 5.15. The highest BCUT2D eigenvalue weighted by Crippen LogP contribution is 2.31. The zero-order chi connectivity index (χ0) is 22.5. The van der Waals surface area contributed by atoms with Crippen LogP contribution < -0.4 is 16.2 Å². The van der Waals surface area contributed by atoms with Crippen molar-refractivity contribution in [3.8, 4) is 11.3 Å². The van der Waals surface area contributed by atoms with Gasteiger partial charge in [0.05, 0.1) is 22.7 Å². The van der Waals surface area contributed by atoms with Gasteiger partial charge in [0.25, 0.3) is 5.56 Å². The molecule has 1 saturated heterocycles. The first-order chi connectivity index (χ1) is 14.6. The number of fused-ring (bicyclic) bond motifs is 1. The Morgan fingerprint density at radius 2 is 1.90 bits per heavy atom. The highest BCUT2D eigenvalue weighted by atomic mass is 32.2. The van der Waals surface area contributed by atoms with Gasteiger partial charge in [-0.05, 0) is 19.8 Å². The molecule has 31 heavy (non-hydrogen) atoms. The van der Waals surface area contributed by atoms with Crippen molar-refractivity contribution in [2.45, 2.75) is 40.3 Å². The Morgan fingerprint density at radius 3 is 2.52 bits per heavy atom. The van der Waals surface area contributed by atoms with Crippen LogP contribution in [0.3, 0.4) is 0 Å². The fourth-order valence-electron chi connectivity index (χ4n) is 3.94. The van der Waals surface area contributed by atoms with Crippen LogP contribution >= 0.6 is 0 Å². The van der Waals surface area contributed by atoms with Crippen LogP contribution in [-0.2, 0) is 16.4 Å². The minimum atomic E-state index is -2.98. The highest BCUT2D eigenvalue weighted by molar-refractivity contribution is 7.91. The smallest absolute Gasteiger partial charge is 0.264 e. The van der Waals surface area contributed by atoms with Crippen LogP contribution in [0.1, 0.15) is 33.7 Å². The molecule has 3 N–H and O–H groups in total. The third-order valence-electron chi connectivity index (χ3n) is 6.19. The second kappa shape index (κ2) is 7.70. The summed E-state index contributed by atoms with van der Waals surface area (Å²) in [5, 5.41) is 12.1. The highest BCUT2D eigenvalue weighted by Gasteiger charge is 2.26. The second-order valence-electron chi connectivity index (χ2n) is 8.44. The molecule has 0 aliphatic carbocycles. The van der Waals surface area contributed by atoms with Gasteiger partial charge in [0, 0.05) is 43.5 Å². The number of aryl methyl sites for hydroxylation is 1. The number of hydrogen-bond acceptors (Lipinski definition) is 7. The van der Waals surface area contributed by atoms with Gasteiger partial charge in [0.1, 0.15) is 11.2 Å². The Balaban J connectivity index is 1.87. The molecule has 4 heterocycles. The first-order valence-corrected chi connectivity index (χ1v) is 12.4. The molecule has 0 radical (unpaired) electrons. The summed E-state index contributed by atoms with van der Waals surface area (Å²) in [6, 6.07) is 1.91. The molecule has 0 aromatic carbocycles. The topological polar surface area (TPSA) is 132 Å². The number of nitrogens with one attached hydrogen (secondary N) is 1. The number of pyridine rings is 1. The SMILES string of the molecule is CCn1nc(-c2cn(C(C)C(C)C)c(=O)c3c(N)n[nH]c23)cc1N1CCS(=O)(=O)CC1. The Labute approximate surface area is 180 Å². The number of nitrogens with zero attached hydrogens (tertiary/aromatic N) is 5. The van der Waals surface area contributed by atoms with Crippen LogP contribution in [0.4, 0.5) is 11.6 Å². The molecule has 0 bridgehead atoms. The number of sulfone groups is 1. The van der Waals surface area contributed by atoms with E-state index in [-0.39, 0.29) is 34.8 Å². The van der Waals surface area contributed by atoms with Crippen molar-refractivity contribution in [2.75, 3.05) is 35.2 Å². The summed E-state index contributed by atoms with van der Waals surface area (Å²) in [6.07, 6.45) is 1.82. The number of H-pyrrole nitrogens is 1. The molecule has 0 spiro atoms. The summed E-state index contributed by atoms with van der Waals surface area (Å²) < 4.78 is 27.2. The van der Waals surface area contributed by atoms with Crippen molar-refractivity contribution in [3.63, 3.8) is 0 Å². The molecule has 1 atom stereocenters. The van der Waals surface area contributed by atoms with Gasteiger partial charge >= 0.3 is 0 Å². The van der Waals surface area contributed by atoms with Gasteiger partial charge in [-0.3, -0.25) is 9.89 Å². The molecule has 168 valence electrons. The number of nitrogens with two attached hydrogens (primary N) is 1. The predicted octanol–water partition coefficient (Wildman–Crippen LogP) is 1.64. The normalized spacial score (nSPS) is 17.5. The quantitative estimate of drug-likeness (QED) is 0.608. The lowest BCUT2D eigenvalue weighted by molar-refractivity contribution is 0.400. The minimum Gasteiger partial charge on any atom is -0.382 e. The second-order valence-corrected chi connectivity index (χ2v) is 10.7. The van der Waals surface area contributed by atoms with E-state index in [0.717, 1.165) is 11.4 Å². The lowest BCUT2D eigenvalue weighted by atomic mass is 10.0. The molecular weight excluding hydrogens is 418 g/mol. The van der Waals surface area contributed by atoms with Gasteiger partial charge in [0.2, 0.25) is 0 Å². The lowest BCUT2D eigenvalue weighted by Crippen LogP contribution is -2.41. The third kappa shape index (κ3) is 3.71. The number of nitrogen functional groups attached to an aromatic ring is 1. The minimum absolute atomic E-state index is 0.0371. The van der Waals surface area contributed by atoms with E-state index in [9.17, 15) is 13.2 Å². The predicted molar refractivity (Wildman–Crippen MR) is 122 cm³/mol. The zero-order valence-corrected chi connectivity index (χ0v) is 19.1. The molecule has 4 rings (SSSR count). The van der Waals surface area contributed by atoms with Crippen LogP contribution in [0.25, 0.3) is 22.2 Å². The number of aromatic nitrogens is 5. The molecule has 11 heteroatoms. The standard InChI is InChI=1S/C20H29N7O3S/c1-5-27-16(25-6-8-31(29,30)9-7-25)10-15(24-27)14-11-26(13(4)12(2)3)20(28)17-18(14)22-23-19(17)21/h10-13H,5-9H2,1-4H3,(H3,21,22,23). The molecular formula is C20H29N7O3S. The van der Waals surface area contributed by atoms with E-state index in [1.54, 1.807) is 4.57 Å². The Bertz CT molecular complexity index is 1270. The van der Waals surface area contributed by atoms with Crippen LogP contribution in [-0.4, -0.2) is 57.6 Å². The van der Waals surface area contributed by atoms with E-state index in [1.807, 2.05) is 35.7 Å². The van der Waals surface area contributed by atoms with Crippen molar-refractivity contribution in [1.29, 1.82) is 0 Å². The summed E-state index contributed by atoms with van der Waals surface area (Å²) in [5.41, 5.74) is 7.83. The summed E-state index contributed by atoms with van der Waals surface area (Å²) in [5.74, 6) is 1.55. The first-order valence-electron chi connectivity index (χ1n) is 10.5. The molecule has 1 fully saturated rings. The lowest BCUT2D eigenvalue weighted by Gasteiger charge is -2.28. The van der Waals surface area contributed by atoms with Gasteiger partial charge in [0.15, 0.2) is 15.7 Å². The van der Waals surface area contributed by atoms with Crippen LogP contribution in [0.5, 0.6) is 0 Å². The Morgan fingerprint density at radius 1 is 1.23 bits per heavy atom. The fraction of sp³-hybridized carbons (Fsp3) is 0.550. The van der Waals surface area contributed by atoms with Crippen molar-refractivity contribution in [2.24, 2.45) is 5.92 Å². The van der Waals surface area contributed by atoms with E-state index in [2.05, 4.69) is 24.0 Å². The van der Waals surface area contributed by atoms with Gasteiger partial charge in [-0.2, -0.15) is 10.2 Å². The van der Waals surface area contributed by atoms with Gasteiger partial charge in [-0.1, -0.05) is 13.8 Å². The van der Waals surface area contributed by atoms with E-state index in [0.29, 0.717) is 36.2 Å². The maximum Gasteiger partial charge on any atom is 0.264 e. The molecule has 1 aliphatic heterocycles. The Kier molecular flexibility index (Phi) is 5.32. The van der Waals surface area contributed by atoms with Gasteiger partial charge < -0.3 is 15.2 Å². The number of rotatable bonds is 5. The number of aromatic amines is 1. The average Bonchev–Trinajstić information content (AvgIpc) is 3.32. The number of hydrogen-bond donors (Lipinski definition) is 2. The summed E-state index contributed by atoms with van der Waals surface area (Å²) >= 11 is 0. The molecule has 3 aromatic rings. The summed E-state index contributed by atoms with van der Waals surface area (Å²) in [6.45, 7) is 9.62. The maximum absolute atomic E-state index is 13.1. The van der Waals surface area contributed by atoms with E-state index < -0.39 is 9.84 Å². The van der Waals surface area contributed by atoms with Crippen molar-refractivity contribution >= 4 is 32.4 Å². The summed E-state index contributed by atoms with van der Waals surface area (Å²) in [7, 11) is -2.98. The molecule has 0 amide bonds. The van der Waals surface area contributed by atoms with Crippen molar-refractivity contribution in [1.82, 2.24) is 24.5 Å².